The van der Waals surface area contributed by atoms with Crippen molar-refractivity contribution in [1.29, 1.82) is 0 Å². The first-order valence-electron chi connectivity index (χ1n) is 10.9. The molecule has 0 radical (unpaired) electrons. The highest BCUT2D eigenvalue weighted by atomic mass is 32.1. The second kappa shape index (κ2) is 9.85. The maximum Gasteiger partial charge on any atom is 0.203 e. The third kappa shape index (κ3) is 4.82. The minimum Gasteiger partial charge on any atom is -0.488 e. The summed E-state index contributed by atoms with van der Waals surface area (Å²) in [6.45, 7) is 2.19. The molecule has 5 rings (SSSR count). The van der Waals surface area contributed by atoms with Crippen molar-refractivity contribution < 1.29 is 9.13 Å². The largest absolute Gasteiger partial charge is 0.488 e. The summed E-state index contributed by atoms with van der Waals surface area (Å²) in [5.74, 6) is 0.348. The molecule has 0 aliphatic carbocycles. The van der Waals surface area contributed by atoms with Gasteiger partial charge in [-0.25, -0.2) is 9.37 Å². The lowest BCUT2D eigenvalue weighted by molar-refractivity contribution is 0.300. The average molecular weight is 468 g/mol. The monoisotopic (exact) mass is 467 g/mol. The molecule has 6 heteroatoms. The van der Waals surface area contributed by atoms with Gasteiger partial charge in [0.1, 0.15) is 18.2 Å². The van der Waals surface area contributed by atoms with E-state index >= 15 is 0 Å². The minimum absolute atomic E-state index is 0.131. The first kappa shape index (κ1) is 21.8. The predicted molar refractivity (Wildman–Crippen MR) is 138 cm³/mol. The van der Waals surface area contributed by atoms with Crippen molar-refractivity contribution >= 4 is 33.5 Å². The number of rotatable bonds is 7. The number of hydrazone groups is 1. The average Bonchev–Trinajstić information content (AvgIpc) is 3.33. The molecule has 0 saturated carbocycles. The van der Waals surface area contributed by atoms with Crippen molar-refractivity contribution in [2.24, 2.45) is 5.10 Å². The van der Waals surface area contributed by atoms with Gasteiger partial charge in [-0.3, -0.25) is 5.43 Å². The number of aromatic nitrogens is 1. The lowest BCUT2D eigenvalue weighted by atomic mass is 10.0. The fraction of sp³-hybridized carbons (Fsp3) is 0.0714. The lowest BCUT2D eigenvalue weighted by Crippen LogP contribution is -2.01. The van der Waals surface area contributed by atoms with Crippen LogP contribution >= 0.6 is 11.3 Å². The van der Waals surface area contributed by atoms with Crippen LogP contribution in [-0.4, -0.2) is 11.2 Å². The molecule has 5 aromatic rings. The zero-order valence-corrected chi connectivity index (χ0v) is 19.4. The van der Waals surface area contributed by atoms with E-state index in [1.807, 2.05) is 41.8 Å². The van der Waals surface area contributed by atoms with Gasteiger partial charge in [-0.05, 0) is 29.8 Å². The Balaban J connectivity index is 1.38. The predicted octanol–water partition coefficient (Wildman–Crippen LogP) is 7.44. The molecule has 0 atom stereocenters. The zero-order valence-electron chi connectivity index (χ0n) is 18.5. The molecule has 168 valence electrons. The van der Waals surface area contributed by atoms with Crippen LogP contribution in [0.15, 0.2) is 95.4 Å². The van der Waals surface area contributed by atoms with Crippen LogP contribution < -0.4 is 10.2 Å². The van der Waals surface area contributed by atoms with Crippen molar-refractivity contribution in [3.05, 3.63) is 113 Å². The number of hydrogen-bond donors (Lipinski definition) is 1. The molecule has 0 spiro atoms. The standard InChI is InChI=1S/C28H22FN3OS/c1-19-10-12-21(13-11-19)26-18-34-28(31-26)32-30-16-24-23-8-4-2-6-20(23)14-15-27(24)33-17-22-7-3-5-9-25(22)29/h2-16,18H,17H2,1H3,(H,31,32)/b30-16-. The van der Waals surface area contributed by atoms with Crippen molar-refractivity contribution in [1.82, 2.24) is 4.98 Å². The van der Waals surface area contributed by atoms with Gasteiger partial charge in [-0.15, -0.1) is 11.3 Å². The van der Waals surface area contributed by atoms with Gasteiger partial charge in [-0.1, -0.05) is 78.4 Å². The summed E-state index contributed by atoms with van der Waals surface area (Å²) >= 11 is 1.49. The summed E-state index contributed by atoms with van der Waals surface area (Å²) in [5.41, 5.74) is 7.53. The number of fused-ring (bicyclic) bond motifs is 1. The molecule has 0 saturated heterocycles. The molecular weight excluding hydrogens is 445 g/mol. The van der Waals surface area contributed by atoms with E-state index in [2.05, 4.69) is 46.7 Å². The molecule has 0 aliphatic rings. The van der Waals surface area contributed by atoms with Gasteiger partial charge in [0.15, 0.2) is 0 Å². The third-order valence-electron chi connectivity index (χ3n) is 5.48. The number of ether oxygens (including phenoxy) is 1. The van der Waals surface area contributed by atoms with Crippen molar-refractivity contribution in [3.63, 3.8) is 0 Å². The van der Waals surface area contributed by atoms with Crippen molar-refractivity contribution in [2.75, 3.05) is 5.43 Å². The van der Waals surface area contributed by atoms with Crippen LogP contribution in [-0.2, 0) is 6.61 Å². The normalized spacial score (nSPS) is 11.2. The number of nitrogens with zero attached hydrogens (tertiary/aromatic N) is 2. The number of benzene rings is 4. The van der Waals surface area contributed by atoms with E-state index in [0.29, 0.717) is 16.4 Å². The highest BCUT2D eigenvalue weighted by molar-refractivity contribution is 7.14. The highest BCUT2D eigenvalue weighted by Crippen LogP contribution is 2.28. The van der Waals surface area contributed by atoms with Gasteiger partial charge in [0.05, 0.1) is 11.9 Å². The van der Waals surface area contributed by atoms with Gasteiger partial charge in [0.2, 0.25) is 5.13 Å². The van der Waals surface area contributed by atoms with Gasteiger partial charge >= 0.3 is 0 Å². The molecular formula is C28H22FN3OS. The lowest BCUT2D eigenvalue weighted by Gasteiger charge is -2.12. The maximum absolute atomic E-state index is 14.1. The van der Waals surface area contributed by atoms with Gasteiger partial charge < -0.3 is 4.74 Å². The molecule has 0 bridgehead atoms. The first-order chi connectivity index (χ1) is 16.7. The molecule has 1 N–H and O–H groups in total. The van der Waals surface area contributed by atoms with E-state index < -0.39 is 0 Å². The number of anilines is 1. The second-order valence-corrected chi connectivity index (χ2v) is 8.71. The number of aryl methyl sites for hydroxylation is 1. The maximum atomic E-state index is 14.1. The SMILES string of the molecule is Cc1ccc(-c2csc(N/N=C\c3c(OCc4ccccc4F)ccc4ccccc34)n2)cc1. The Morgan fingerprint density at radius 1 is 0.971 bits per heavy atom. The molecule has 1 aromatic heterocycles. The Labute approximate surface area is 201 Å². The Bertz CT molecular complexity index is 1460. The highest BCUT2D eigenvalue weighted by Gasteiger charge is 2.10. The van der Waals surface area contributed by atoms with E-state index in [1.165, 1.54) is 23.0 Å². The summed E-state index contributed by atoms with van der Waals surface area (Å²) in [5, 5.41) is 9.20. The molecule has 4 nitrogen and oxygen atoms in total. The second-order valence-electron chi connectivity index (χ2n) is 7.85. The smallest absolute Gasteiger partial charge is 0.203 e. The summed E-state index contributed by atoms with van der Waals surface area (Å²) < 4.78 is 20.1. The molecule has 0 fully saturated rings. The fourth-order valence-corrected chi connectivity index (χ4v) is 4.31. The van der Waals surface area contributed by atoms with Crippen LogP contribution in [0.25, 0.3) is 22.0 Å². The number of nitrogens with one attached hydrogen (secondary N) is 1. The van der Waals surface area contributed by atoms with Crippen LogP contribution in [0.3, 0.4) is 0 Å². The number of hydrogen-bond acceptors (Lipinski definition) is 5. The first-order valence-corrected chi connectivity index (χ1v) is 11.7. The van der Waals surface area contributed by atoms with Gasteiger partial charge in [0, 0.05) is 22.1 Å². The molecule has 34 heavy (non-hydrogen) atoms. The fourth-order valence-electron chi connectivity index (χ4n) is 3.64. The summed E-state index contributed by atoms with van der Waals surface area (Å²) in [6.07, 6.45) is 1.73. The molecule has 1 heterocycles. The van der Waals surface area contributed by atoms with Crippen LogP contribution in [0, 0.1) is 12.7 Å². The number of halogens is 1. The van der Waals surface area contributed by atoms with Crippen molar-refractivity contribution in [3.8, 4) is 17.0 Å². The Hall–Kier alpha value is -4.03. The summed E-state index contributed by atoms with van der Waals surface area (Å²) in [7, 11) is 0. The van der Waals surface area contributed by atoms with Crippen LogP contribution in [0.5, 0.6) is 5.75 Å². The Kier molecular flexibility index (Phi) is 6.31. The van der Waals surface area contributed by atoms with Crippen LogP contribution in [0.1, 0.15) is 16.7 Å². The van der Waals surface area contributed by atoms with Gasteiger partial charge in [0.25, 0.3) is 0 Å². The number of thiazole rings is 1. The summed E-state index contributed by atoms with van der Waals surface area (Å²) in [4.78, 5) is 4.63. The minimum atomic E-state index is -0.284. The molecule has 0 amide bonds. The van der Waals surface area contributed by atoms with Crippen LogP contribution in [0.4, 0.5) is 9.52 Å². The van der Waals surface area contributed by atoms with E-state index in [9.17, 15) is 4.39 Å². The third-order valence-corrected chi connectivity index (χ3v) is 6.22. The summed E-state index contributed by atoms with van der Waals surface area (Å²) in [6, 6.07) is 26.8. The Morgan fingerprint density at radius 2 is 1.76 bits per heavy atom. The molecule has 0 aliphatic heterocycles. The Morgan fingerprint density at radius 3 is 2.62 bits per heavy atom. The molecule has 0 unspecified atom stereocenters. The topological polar surface area (TPSA) is 46.5 Å². The van der Waals surface area contributed by atoms with E-state index in [0.717, 1.165) is 27.6 Å². The zero-order chi connectivity index (χ0) is 23.3. The van der Waals surface area contributed by atoms with Crippen LogP contribution in [0.2, 0.25) is 0 Å². The van der Waals surface area contributed by atoms with E-state index in [1.54, 1.807) is 24.4 Å². The van der Waals surface area contributed by atoms with E-state index in [-0.39, 0.29) is 12.4 Å². The molecule has 4 aromatic carbocycles. The van der Waals surface area contributed by atoms with E-state index in [4.69, 9.17) is 4.74 Å². The van der Waals surface area contributed by atoms with Gasteiger partial charge in [-0.2, -0.15) is 5.10 Å². The van der Waals surface area contributed by atoms with Crippen molar-refractivity contribution in [2.45, 2.75) is 13.5 Å². The quantitative estimate of drug-likeness (QED) is 0.200.